The molecule has 1 N–H and O–H groups in total. The number of para-hydroxylation sites is 1. The molecule has 1 fully saturated rings. The third-order valence-corrected chi connectivity index (χ3v) is 6.58. The van der Waals surface area contributed by atoms with Crippen LogP contribution in [0.2, 0.25) is 0 Å². The summed E-state index contributed by atoms with van der Waals surface area (Å²) in [6, 6.07) is 10.7. The van der Waals surface area contributed by atoms with E-state index < -0.39 is 0 Å². The smallest absolute Gasteiger partial charge is 0.254 e. The predicted octanol–water partition coefficient (Wildman–Crippen LogP) is 4.47. The van der Waals surface area contributed by atoms with E-state index in [0.717, 1.165) is 44.0 Å². The van der Waals surface area contributed by atoms with Crippen LogP contribution >= 0.6 is 0 Å². The Labute approximate surface area is 180 Å². The van der Waals surface area contributed by atoms with Gasteiger partial charge in [0.05, 0.1) is 18.4 Å². The second-order valence-electron chi connectivity index (χ2n) is 9.08. The molecule has 1 aromatic heterocycles. The first kappa shape index (κ1) is 21.0. The number of piperidine rings is 1. The van der Waals surface area contributed by atoms with E-state index in [1.54, 1.807) is 12.3 Å². The average Bonchev–Trinajstić information content (AvgIpc) is 3.32. The molecule has 2 unspecified atom stereocenters. The van der Waals surface area contributed by atoms with Crippen molar-refractivity contribution in [1.82, 2.24) is 10.2 Å². The quantitative estimate of drug-likeness (QED) is 0.654. The van der Waals surface area contributed by atoms with E-state index in [2.05, 4.69) is 53.2 Å². The van der Waals surface area contributed by atoms with Gasteiger partial charge < -0.3 is 19.5 Å². The van der Waals surface area contributed by atoms with Crippen LogP contribution in [0.3, 0.4) is 0 Å². The third-order valence-electron chi connectivity index (χ3n) is 6.58. The lowest BCUT2D eigenvalue weighted by Crippen LogP contribution is -2.35. The molecule has 2 aliphatic heterocycles. The molecule has 5 heteroatoms. The number of nitrogens with one attached hydrogen (secondary N) is 1. The van der Waals surface area contributed by atoms with E-state index in [0.29, 0.717) is 18.2 Å². The largest absolute Gasteiger partial charge is 0.467 e. The van der Waals surface area contributed by atoms with Gasteiger partial charge in [0.15, 0.2) is 0 Å². The molecule has 1 aromatic carbocycles. The number of rotatable bonds is 8. The molecule has 162 valence electrons. The van der Waals surface area contributed by atoms with Crippen molar-refractivity contribution in [3.05, 3.63) is 53.5 Å². The van der Waals surface area contributed by atoms with Crippen LogP contribution in [0.1, 0.15) is 61.2 Å². The molecule has 0 bridgehead atoms. The first-order valence-electron chi connectivity index (χ1n) is 11.5. The molecule has 2 aliphatic rings. The Balaban J connectivity index is 1.25. The highest BCUT2D eigenvalue weighted by atomic mass is 16.3. The number of benzene rings is 1. The van der Waals surface area contributed by atoms with Crippen LogP contribution in [-0.2, 0) is 13.0 Å². The van der Waals surface area contributed by atoms with Crippen LogP contribution in [-0.4, -0.2) is 43.0 Å². The molecule has 2 atom stereocenters. The number of furan rings is 1. The van der Waals surface area contributed by atoms with Gasteiger partial charge in [-0.3, -0.25) is 4.79 Å². The van der Waals surface area contributed by atoms with Crippen molar-refractivity contribution in [3.63, 3.8) is 0 Å². The summed E-state index contributed by atoms with van der Waals surface area (Å²) in [6.45, 7) is 9.51. The molecule has 1 saturated heterocycles. The van der Waals surface area contributed by atoms with E-state index in [-0.39, 0.29) is 5.91 Å². The van der Waals surface area contributed by atoms with Gasteiger partial charge in [0.2, 0.25) is 0 Å². The van der Waals surface area contributed by atoms with Gasteiger partial charge in [-0.1, -0.05) is 25.1 Å². The molecule has 0 spiro atoms. The molecule has 5 nitrogen and oxygen atoms in total. The summed E-state index contributed by atoms with van der Waals surface area (Å²) in [5, 5.41) is 3.09. The number of nitrogens with zero attached hydrogens (tertiary/aromatic N) is 2. The number of fused-ring (bicyclic) bond motifs is 1. The number of unbranched alkanes of at least 4 members (excludes halogenated alkanes) is 1. The Kier molecular flexibility index (Phi) is 6.78. The summed E-state index contributed by atoms with van der Waals surface area (Å²) in [4.78, 5) is 17.6. The second kappa shape index (κ2) is 9.69. The zero-order valence-corrected chi connectivity index (χ0v) is 18.4. The molecule has 1 amide bonds. The lowest BCUT2D eigenvalue weighted by molar-refractivity contribution is 0.0950. The van der Waals surface area contributed by atoms with Crippen molar-refractivity contribution in [3.8, 4) is 0 Å². The van der Waals surface area contributed by atoms with Gasteiger partial charge in [0, 0.05) is 24.8 Å². The number of likely N-dealkylation sites (tertiary alicyclic amines) is 1. The normalized spacial score (nSPS) is 21.6. The van der Waals surface area contributed by atoms with Gasteiger partial charge in [-0.25, -0.2) is 0 Å². The Morgan fingerprint density at radius 1 is 1.20 bits per heavy atom. The SMILES string of the molecule is CC1CCCN(CCCCNC(=O)c2ccoc2CN2c3ccccc3CC2C)C1. The second-order valence-corrected chi connectivity index (χ2v) is 9.08. The fourth-order valence-electron chi connectivity index (χ4n) is 4.94. The maximum absolute atomic E-state index is 12.7. The fraction of sp³-hybridized carbons (Fsp3) is 0.560. The van der Waals surface area contributed by atoms with Gasteiger partial charge in [0.25, 0.3) is 5.91 Å². The Morgan fingerprint density at radius 3 is 2.93 bits per heavy atom. The van der Waals surface area contributed by atoms with E-state index in [1.807, 2.05) is 0 Å². The summed E-state index contributed by atoms with van der Waals surface area (Å²) in [7, 11) is 0. The zero-order valence-electron chi connectivity index (χ0n) is 18.4. The van der Waals surface area contributed by atoms with Crippen molar-refractivity contribution in [2.24, 2.45) is 5.92 Å². The molecule has 3 heterocycles. The van der Waals surface area contributed by atoms with Crippen molar-refractivity contribution >= 4 is 11.6 Å². The fourth-order valence-corrected chi connectivity index (χ4v) is 4.94. The Morgan fingerprint density at radius 2 is 2.07 bits per heavy atom. The molecule has 0 radical (unpaired) electrons. The maximum atomic E-state index is 12.7. The van der Waals surface area contributed by atoms with Crippen molar-refractivity contribution in [2.45, 2.75) is 58.5 Å². The zero-order chi connectivity index (χ0) is 20.9. The molecular weight excluding hydrogens is 374 g/mol. The minimum absolute atomic E-state index is 0.0227. The topological polar surface area (TPSA) is 48.7 Å². The average molecular weight is 410 g/mol. The summed E-state index contributed by atoms with van der Waals surface area (Å²) in [5.41, 5.74) is 3.28. The van der Waals surface area contributed by atoms with E-state index in [1.165, 1.54) is 37.2 Å². The lowest BCUT2D eigenvalue weighted by Gasteiger charge is -2.30. The number of hydrogen-bond acceptors (Lipinski definition) is 4. The monoisotopic (exact) mass is 409 g/mol. The van der Waals surface area contributed by atoms with Crippen LogP contribution in [0.15, 0.2) is 41.0 Å². The minimum Gasteiger partial charge on any atom is -0.467 e. The Bertz CT molecular complexity index is 846. The van der Waals surface area contributed by atoms with Crippen molar-refractivity contribution in [2.75, 3.05) is 31.1 Å². The third kappa shape index (κ3) is 4.89. The standard InChI is InChI=1S/C25H35N3O2/c1-19-8-7-14-27(17-19)13-6-5-12-26-25(29)22-11-15-30-24(22)18-28-20(2)16-21-9-3-4-10-23(21)28/h3-4,9-11,15,19-20H,5-8,12-14,16-18H2,1-2H3,(H,26,29). The van der Waals surface area contributed by atoms with Crippen LogP contribution < -0.4 is 10.2 Å². The van der Waals surface area contributed by atoms with Gasteiger partial charge in [-0.15, -0.1) is 0 Å². The number of hydrogen-bond donors (Lipinski definition) is 1. The predicted molar refractivity (Wildman–Crippen MR) is 121 cm³/mol. The van der Waals surface area contributed by atoms with Crippen LogP contribution in [0.25, 0.3) is 0 Å². The summed E-state index contributed by atoms with van der Waals surface area (Å²) < 4.78 is 5.72. The molecular formula is C25H35N3O2. The van der Waals surface area contributed by atoms with Gasteiger partial charge in [0.1, 0.15) is 5.76 Å². The number of carbonyl (C=O) groups excluding carboxylic acids is 1. The lowest BCUT2D eigenvalue weighted by atomic mass is 10.0. The van der Waals surface area contributed by atoms with Gasteiger partial charge in [-0.2, -0.15) is 0 Å². The molecule has 0 saturated carbocycles. The first-order chi connectivity index (χ1) is 14.6. The molecule has 2 aromatic rings. The minimum atomic E-state index is -0.0227. The highest BCUT2D eigenvalue weighted by molar-refractivity contribution is 5.95. The molecule has 0 aliphatic carbocycles. The van der Waals surface area contributed by atoms with Gasteiger partial charge in [-0.05, 0) is 75.7 Å². The van der Waals surface area contributed by atoms with E-state index >= 15 is 0 Å². The Hall–Kier alpha value is -2.27. The van der Waals surface area contributed by atoms with Crippen molar-refractivity contribution < 1.29 is 9.21 Å². The highest BCUT2D eigenvalue weighted by Gasteiger charge is 2.28. The molecule has 4 rings (SSSR count). The number of anilines is 1. The van der Waals surface area contributed by atoms with Crippen molar-refractivity contribution in [1.29, 1.82) is 0 Å². The maximum Gasteiger partial charge on any atom is 0.254 e. The number of carbonyl (C=O) groups is 1. The van der Waals surface area contributed by atoms with Crippen LogP contribution in [0.4, 0.5) is 5.69 Å². The highest BCUT2D eigenvalue weighted by Crippen LogP contribution is 2.33. The summed E-state index contributed by atoms with van der Waals surface area (Å²) in [6.07, 6.45) is 7.50. The van der Waals surface area contributed by atoms with Gasteiger partial charge >= 0.3 is 0 Å². The molecule has 30 heavy (non-hydrogen) atoms. The van der Waals surface area contributed by atoms with E-state index in [9.17, 15) is 4.79 Å². The summed E-state index contributed by atoms with van der Waals surface area (Å²) in [5.74, 6) is 1.55. The summed E-state index contributed by atoms with van der Waals surface area (Å²) >= 11 is 0. The first-order valence-corrected chi connectivity index (χ1v) is 11.5. The van der Waals surface area contributed by atoms with Crippen LogP contribution in [0.5, 0.6) is 0 Å². The number of amides is 1. The van der Waals surface area contributed by atoms with Crippen LogP contribution in [0, 0.1) is 5.92 Å². The van der Waals surface area contributed by atoms with E-state index in [4.69, 9.17) is 4.42 Å².